The minimum atomic E-state index is 0.0618. The van der Waals surface area contributed by atoms with Gasteiger partial charge in [-0.05, 0) is 45.0 Å². The molecule has 0 aliphatic carbocycles. The quantitative estimate of drug-likeness (QED) is 0.918. The fraction of sp³-hybridized carbons (Fsp3) is 0.556. The van der Waals surface area contributed by atoms with Crippen molar-refractivity contribution in [3.8, 4) is 0 Å². The summed E-state index contributed by atoms with van der Waals surface area (Å²) in [5.41, 5.74) is 1.06. The van der Waals surface area contributed by atoms with Gasteiger partial charge in [-0.1, -0.05) is 12.1 Å². The second-order valence-electron chi connectivity index (χ2n) is 7.03. The van der Waals surface area contributed by atoms with Crippen molar-refractivity contribution in [1.29, 1.82) is 0 Å². The fourth-order valence-electron chi connectivity index (χ4n) is 4.45. The van der Waals surface area contributed by atoms with Crippen LogP contribution in [-0.4, -0.2) is 59.3 Å². The number of piperidine rings is 2. The van der Waals surface area contributed by atoms with Crippen LogP contribution in [0.3, 0.4) is 0 Å². The molecular formula is C18H24N4O. The predicted octanol–water partition coefficient (Wildman–Crippen LogP) is 1.91. The van der Waals surface area contributed by atoms with E-state index in [-0.39, 0.29) is 5.41 Å². The zero-order valence-corrected chi connectivity index (χ0v) is 13.6. The topological polar surface area (TPSA) is 52.5 Å². The molecule has 2 saturated heterocycles. The number of nitrogens with zero attached hydrogens (tertiary/aromatic N) is 4. The van der Waals surface area contributed by atoms with Crippen molar-refractivity contribution in [1.82, 2.24) is 14.9 Å². The molecule has 2 aliphatic heterocycles. The monoisotopic (exact) mass is 312 g/mol. The molecule has 122 valence electrons. The van der Waals surface area contributed by atoms with Gasteiger partial charge in [0, 0.05) is 29.9 Å². The third kappa shape index (κ3) is 2.39. The van der Waals surface area contributed by atoms with E-state index in [0.29, 0.717) is 12.6 Å². The highest BCUT2D eigenvalue weighted by Gasteiger charge is 2.46. The van der Waals surface area contributed by atoms with Crippen LogP contribution in [0, 0.1) is 5.41 Å². The van der Waals surface area contributed by atoms with Gasteiger partial charge in [0.1, 0.15) is 12.1 Å². The molecule has 1 aromatic heterocycles. The Hall–Kier alpha value is -1.72. The molecule has 1 N–H and O–H groups in total. The van der Waals surface area contributed by atoms with Crippen LogP contribution >= 0.6 is 0 Å². The molecular weight excluding hydrogens is 288 g/mol. The summed E-state index contributed by atoms with van der Waals surface area (Å²) < 4.78 is 0. The third-order valence-electron chi connectivity index (χ3n) is 5.83. The number of hydrogen-bond donors (Lipinski definition) is 1. The first-order valence-corrected chi connectivity index (χ1v) is 8.49. The Morgan fingerprint density at radius 2 is 2.09 bits per heavy atom. The number of fused-ring (bicyclic) bond motifs is 2. The van der Waals surface area contributed by atoms with Gasteiger partial charge < -0.3 is 14.9 Å². The second-order valence-corrected chi connectivity index (χ2v) is 7.03. The molecule has 0 saturated carbocycles. The van der Waals surface area contributed by atoms with E-state index >= 15 is 0 Å². The Morgan fingerprint density at radius 1 is 1.22 bits per heavy atom. The maximum Gasteiger partial charge on any atom is 0.139 e. The van der Waals surface area contributed by atoms with Gasteiger partial charge in [0.2, 0.25) is 0 Å². The lowest BCUT2D eigenvalue weighted by Gasteiger charge is -2.53. The normalized spacial score (nSPS) is 28.8. The van der Waals surface area contributed by atoms with Crippen LogP contribution in [0.15, 0.2) is 30.6 Å². The zero-order valence-electron chi connectivity index (χ0n) is 13.6. The number of aliphatic hydroxyl groups is 1. The number of anilines is 1. The van der Waals surface area contributed by atoms with Crippen molar-refractivity contribution in [3.63, 3.8) is 0 Å². The number of likely N-dealkylation sites (N-methyl/N-ethyl adjacent to an activating group) is 1. The summed E-state index contributed by atoms with van der Waals surface area (Å²) >= 11 is 0. The van der Waals surface area contributed by atoms with E-state index in [1.807, 2.05) is 18.2 Å². The molecule has 2 aromatic rings. The van der Waals surface area contributed by atoms with Gasteiger partial charge in [0.05, 0.1) is 12.1 Å². The molecule has 0 radical (unpaired) electrons. The summed E-state index contributed by atoms with van der Waals surface area (Å²) in [6.07, 6.45) is 5.01. The summed E-state index contributed by atoms with van der Waals surface area (Å²) in [6.45, 7) is 3.29. The van der Waals surface area contributed by atoms with Crippen LogP contribution in [0.5, 0.6) is 0 Å². The summed E-state index contributed by atoms with van der Waals surface area (Å²) in [7, 11) is 2.19. The molecule has 2 fully saturated rings. The maximum atomic E-state index is 10.1. The van der Waals surface area contributed by atoms with Crippen molar-refractivity contribution in [2.75, 3.05) is 38.2 Å². The highest BCUT2D eigenvalue weighted by atomic mass is 16.3. The van der Waals surface area contributed by atoms with Crippen molar-refractivity contribution < 1.29 is 5.11 Å². The first-order valence-electron chi connectivity index (χ1n) is 8.49. The van der Waals surface area contributed by atoms with E-state index in [1.165, 1.54) is 6.42 Å². The van der Waals surface area contributed by atoms with E-state index < -0.39 is 0 Å². The summed E-state index contributed by atoms with van der Waals surface area (Å²) in [5, 5.41) is 11.2. The lowest BCUT2D eigenvalue weighted by molar-refractivity contribution is -0.0277. The van der Waals surface area contributed by atoms with E-state index in [4.69, 9.17) is 0 Å². The lowest BCUT2D eigenvalue weighted by atomic mass is 9.69. The fourth-order valence-corrected chi connectivity index (χ4v) is 4.45. The molecule has 5 heteroatoms. The van der Waals surface area contributed by atoms with Crippen LogP contribution in [0.25, 0.3) is 10.9 Å². The highest BCUT2D eigenvalue weighted by molar-refractivity contribution is 5.89. The third-order valence-corrected chi connectivity index (χ3v) is 5.83. The van der Waals surface area contributed by atoms with E-state index in [1.54, 1.807) is 6.33 Å². The zero-order chi connectivity index (χ0) is 15.9. The molecule has 2 atom stereocenters. The van der Waals surface area contributed by atoms with Crippen LogP contribution in [0.1, 0.15) is 19.3 Å². The Kier molecular flexibility index (Phi) is 3.70. The molecule has 1 aromatic carbocycles. The van der Waals surface area contributed by atoms with Crippen molar-refractivity contribution in [2.45, 2.75) is 25.3 Å². The van der Waals surface area contributed by atoms with E-state index in [0.717, 1.165) is 49.2 Å². The van der Waals surface area contributed by atoms with Crippen molar-refractivity contribution in [2.24, 2.45) is 5.41 Å². The van der Waals surface area contributed by atoms with Gasteiger partial charge in [-0.15, -0.1) is 0 Å². The summed E-state index contributed by atoms with van der Waals surface area (Å²) in [6, 6.07) is 8.59. The molecule has 4 rings (SSSR count). The molecule has 0 spiro atoms. The van der Waals surface area contributed by atoms with Gasteiger partial charge in [-0.2, -0.15) is 0 Å². The number of para-hydroxylation sites is 1. The number of rotatable bonds is 2. The van der Waals surface area contributed by atoms with Crippen molar-refractivity contribution >= 4 is 16.7 Å². The Balaban J connectivity index is 1.69. The molecule has 0 bridgehead atoms. The molecule has 3 heterocycles. The molecule has 23 heavy (non-hydrogen) atoms. The van der Waals surface area contributed by atoms with E-state index in [2.05, 4.69) is 32.9 Å². The smallest absolute Gasteiger partial charge is 0.139 e. The summed E-state index contributed by atoms with van der Waals surface area (Å²) in [5.74, 6) is 1.03. The second kappa shape index (κ2) is 5.73. The minimum absolute atomic E-state index is 0.0618. The van der Waals surface area contributed by atoms with Gasteiger partial charge >= 0.3 is 0 Å². The van der Waals surface area contributed by atoms with Crippen LogP contribution in [0.4, 0.5) is 5.82 Å². The number of likely N-dealkylation sites (tertiary alicyclic amines) is 1. The standard InChI is InChI=1S/C18H24N4O/c1-21-9-4-7-18(12-23)8-10-22(11-16(18)21)17-14-5-2-3-6-15(14)19-13-20-17/h2-3,5-6,13,16,23H,4,7-12H2,1H3/t16-,18-/m1/s1. The highest BCUT2D eigenvalue weighted by Crippen LogP contribution is 2.42. The first-order chi connectivity index (χ1) is 11.2. The lowest BCUT2D eigenvalue weighted by Crippen LogP contribution is -2.61. The molecule has 5 nitrogen and oxygen atoms in total. The average Bonchev–Trinajstić information content (AvgIpc) is 2.61. The Labute approximate surface area is 137 Å². The average molecular weight is 312 g/mol. The van der Waals surface area contributed by atoms with Gasteiger partial charge in [-0.25, -0.2) is 9.97 Å². The molecule has 0 amide bonds. The van der Waals surface area contributed by atoms with Gasteiger partial charge in [0.25, 0.3) is 0 Å². The minimum Gasteiger partial charge on any atom is -0.396 e. The summed E-state index contributed by atoms with van der Waals surface area (Å²) in [4.78, 5) is 13.8. The number of aromatic nitrogens is 2. The van der Waals surface area contributed by atoms with Crippen LogP contribution in [0.2, 0.25) is 0 Å². The first kappa shape index (κ1) is 14.8. The van der Waals surface area contributed by atoms with Crippen LogP contribution < -0.4 is 4.90 Å². The van der Waals surface area contributed by atoms with Gasteiger partial charge in [0.15, 0.2) is 0 Å². The largest absolute Gasteiger partial charge is 0.396 e. The van der Waals surface area contributed by atoms with E-state index in [9.17, 15) is 5.11 Å². The SMILES string of the molecule is CN1CCC[C@]2(CO)CCN(c3ncnc4ccccc34)C[C@@H]12. The maximum absolute atomic E-state index is 10.1. The van der Waals surface area contributed by atoms with Crippen LogP contribution in [-0.2, 0) is 0 Å². The number of aliphatic hydroxyl groups excluding tert-OH is 1. The predicted molar refractivity (Wildman–Crippen MR) is 91.5 cm³/mol. The Bertz CT molecular complexity index is 701. The Morgan fingerprint density at radius 3 is 2.96 bits per heavy atom. The molecule has 0 unspecified atom stereocenters. The number of benzene rings is 1. The molecule has 2 aliphatic rings. The van der Waals surface area contributed by atoms with Gasteiger partial charge in [-0.3, -0.25) is 0 Å². The van der Waals surface area contributed by atoms with Crippen molar-refractivity contribution in [3.05, 3.63) is 30.6 Å². The number of hydrogen-bond acceptors (Lipinski definition) is 5.